The molecule has 1 aliphatic rings. The van der Waals surface area contributed by atoms with E-state index >= 15 is 0 Å². The molecule has 32 heavy (non-hydrogen) atoms. The lowest BCUT2D eigenvalue weighted by Gasteiger charge is -2.32. The lowest BCUT2D eigenvalue weighted by Crippen LogP contribution is -2.47. The maximum Gasteiger partial charge on any atom is 0.303 e. The van der Waals surface area contributed by atoms with Gasteiger partial charge in [0.2, 0.25) is 11.8 Å². The summed E-state index contributed by atoms with van der Waals surface area (Å²) >= 11 is 0. The Kier molecular flexibility index (Phi) is 7.98. The summed E-state index contributed by atoms with van der Waals surface area (Å²) in [4.78, 5) is 43.8. The zero-order valence-corrected chi connectivity index (χ0v) is 18.4. The predicted octanol–water partition coefficient (Wildman–Crippen LogP) is 3.59. The second-order valence-corrected chi connectivity index (χ2v) is 7.81. The fourth-order valence-electron chi connectivity index (χ4n) is 3.97. The van der Waals surface area contributed by atoms with Gasteiger partial charge in [0.25, 0.3) is 0 Å². The molecule has 1 atom stereocenters. The number of rotatable bonds is 6. The minimum absolute atomic E-state index is 0.0790. The average Bonchev–Trinajstić information content (AvgIpc) is 2.78. The molecule has 3 amide bonds. The van der Waals surface area contributed by atoms with Gasteiger partial charge in [0.05, 0.1) is 0 Å². The van der Waals surface area contributed by atoms with Gasteiger partial charge in [-0.2, -0.15) is 0 Å². The van der Waals surface area contributed by atoms with Crippen molar-refractivity contribution in [3.63, 3.8) is 0 Å². The molecule has 2 aromatic rings. The molecule has 0 aliphatic heterocycles. The van der Waals surface area contributed by atoms with Crippen molar-refractivity contribution in [3.8, 4) is 11.8 Å². The summed E-state index contributed by atoms with van der Waals surface area (Å²) in [7, 11) is 0. The van der Waals surface area contributed by atoms with E-state index in [1.165, 1.54) is 18.2 Å². The molecule has 2 N–H and O–H groups in total. The molecule has 166 valence electrons. The van der Waals surface area contributed by atoms with Crippen molar-refractivity contribution in [1.82, 2.24) is 10.3 Å². The highest BCUT2D eigenvalue weighted by molar-refractivity contribution is 6.10. The number of nitrogens with zero attached hydrogens (tertiary/aromatic N) is 2. The number of aromatic nitrogens is 1. The molecule has 0 radical (unpaired) electrons. The highest BCUT2D eigenvalue weighted by Crippen LogP contribution is 2.30. The number of hydrogen-bond acceptors (Lipinski definition) is 4. The van der Waals surface area contributed by atoms with Crippen molar-refractivity contribution in [2.45, 2.75) is 58.0 Å². The van der Waals surface area contributed by atoms with E-state index in [4.69, 9.17) is 0 Å². The van der Waals surface area contributed by atoms with Crippen LogP contribution in [0.5, 0.6) is 0 Å². The van der Waals surface area contributed by atoms with Crippen LogP contribution in [-0.2, 0) is 14.4 Å². The van der Waals surface area contributed by atoms with E-state index in [9.17, 15) is 14.4 Å². The largest absolute Gasteiger partial charge is 0.351 e. The van der Waals surface area contributed by atoms with Crippen LogP contribution in [-0.4, -0.2) is 28.7 Å². The van der Waals surface area contributed by atoms with E-state index in [1.807, 2.05) is 0 Å². The summed E-state index contributed by atoms with van der Waals surface area (Å²) in [5.41, 5.74) is 1.56. The predicted molar refractivity (Wildman–Crippen MR) is 124 cm³/mol. The Hall–Kier alpha value is -3.66. The number of benzene rings is 1. The third-order valence-electron chi connectivity index (χ3n) is 5.35. The van der Waals surface area contributed by atoms with Gasteiger partial charge < -0.3 is 10.6 Å². The van der Waals surface area contributed by atoms with Crippen molar-refractivity contribution in [2.75, 3.05) is 10.2 Å². The first-order valence-electron chi connectivity index (χ1n) is 10.8. The highest BCUT2D eigenvalue weighted by atomic mass is 16.2. The number of anilines is 2. The second kappa shape index (κ2) is 11.1. The first-order chi connectivity index (χ1) is 15.5. The topological polar surface area (TPSA) is 91.4 Å². The summed E-state index contributed by atoms with van der Waals surface area (Å²) in [5.74, 6) is 4.18. The molecule has 0 saturated heterocycles. The fourth-order valence-corrected chi connectivity index (χ4v) is 3.97. The quantitative estimate of drug-likeness (QED) is 0.683. The van der Waals surface area contributed by atoms with Crippen molar-refractivity contribution >= 4 is 29.1 Å². The lowest BCUT2D eigenvalue weighted by molar-refractivity contribution is -0.125. The third-order valence-corrected chi connectivity index (χ3v) is 5.35. The van der Waals surface area contributed by atoms with Crippen LogP contribution in [0.4, 0.5) is 11.4 Å². The number of carbonyl (C=O) groups excluding carboxylic acids is 3. The van der Waals surface area contributed by atoms with E-state index in [1.54, 1.807) is 55.7 Å². The fraction of sp³-hybridized carbons (Fsp3) is 0.360. The zero-order chi connectivity index (χ0) is 22.9. The normalized spacial score (nSPS) is 14.4. The van der Waals surface area contributed by atoms with Gasteiger partial charge in [-0.15, -0.1) is 0 Å². The van der Waals surface area contributed by atoms with Crippen LogP contribution in [0.25, 0.3) is 0 Å². The van der Waals surface area contributed by atoms with E-state index in [0.29, 0.717) is 16.9 Å². The Balaban J connectivity index is 2.05. The summed E-state index contributed by atoms with van der Waals surface area (Å²) in [6, 6.07) is 9.46. The number of pyridine rings is 1. The standard InChI is InChI=1S/C25H28N4O3/c1-3-9-23(31)29(22-14-7-13-21(16-22)27-18(2)30)24(19-10-8-15-26-17-19)25(32)28-20-11-5-4-6-12-20/h7-8,10,13-17,20,24H,4-6,11-12H2,1-2H3,(H,27,30)(H,28,32). The van der Waals surface area contributed by atoms with Crippen molar-refractivity contribution in [1.29, 1.82) is 0 Å². The Morgan fingerprint density at radius 1 is 1.12 bits per heavy atom. The van der Waals surface area contributed by atoms with E-state index in [-0.39, 0.29) is 17.9 Å². The lowest BCUT2D eigenvalue weighted by atomic mass is 9.94. The Bertz CT molecular complexity index is 1020. The maximum absolute atomic E-state index is 13.5. The Labute approximate surface area is 188 Å². The van der Waals surface area contributed by atoms with Gasteiger partial charge in [-0.3, -0.25) is 24.3 Å². The molecule has 7 heteroatoms. The SMILES string of the molecule is CC#CC(=O)N(c1cccc(NC(C)=O)c1)C(C(=O)NC1CCCCC1)c1cccnc1. The minimum Gasteiger partial charge on any atom is -0.351 e. The number of amides is 3. The molecule has 1 aromatic heterocycles. The summed E-state index contributed by atoms with van der Waals surface area (Å²) in [5, 5.41) is 5.85. The van der Waals surface area contributed by atoms with E-state index in [0.717, 1.165) is 25.7 Å². The van der Waals surface area contributed by atoms with E-state index < -0.39 is 11.9 Å². The van der Waals surface area contributed by atoms with Gasteiger partial charge in [-0.05, 0) is 50.0 Å². The summed E-state index contributed by atoms with van der Waals surface area (Å²) in [6.07, 6.45) is 8.37. The highest BCUT2D eigenvalue weighted by Gasteiger charge is 2.34. The number of hydrogen-bond donors (Lipinski definition) is 2. The van der Waals surface area contributed by atoms with Crippen LogP contribution < -0.4 is 15.5 Å². The molecule has 7 nitrogen and oxygen atoms in total. The van der Waals surface area contributed by atoms with Crippen LogP contribution in [0.2, 0.25) is 0 Å². The first kappa shape index (κ1) is 23.0. The maximum atomic E-state index is 13.5. The molecular weight excluding hydrogens is 404 g/mol. The smallest absolute Gasteiger partial charge is 0.303 e. The van der Waals surface area contributed by atoms with Crippen molar-refractivity contribution in [2.24, 2.45) is 0 Å². The molecule has 3 rings (SSSR count). The summed E-state index contributed by atoms with van der Waals surface area (Å²) < 4.78 is 0. The van der Waals surface area contributed by atoms with Gasteiger partial charge in [-0.25, -0.2) is 0 Å². The van der Waals surface area contributed by atoms with Gasteiger partial charge in [-0.1, -0.05) is 37.3 Å². The molecule has 0 spiro atoms. The molecule has 1 unspecified atom stereocenters. The second-order valence-electron chi connectivity index (χ2n) is 7.81. The molecule has 1 aliphatic carbocycles. The van der Waals surface area contributed by atoms with Crippen LogP contribution in [0.15, 0.2) is 48.8 Å². The molecule has 1 heterocycles. The first-order valence-corrected chi connectivity index (χ1v) is 10.8. The van der Waals surface area contributed by atoms with Crippen molar-refractivity contribution < 1.29 is 14.4 Å². The van der Waals surface area contributed by atoms with Gasteiger partial charge in [0.1, 0.15) is 6.04 Å². The van der Waals surface area contributed by atoms with Crippen LogP contribution in [0.1, 0.15) is 57.6 Å². The molecule has 0 bridgehead atoms. The Morgan fingerprint density at radius 3 is 2.56 bits per heavy atom. The average molecular weight is 433 g/mol. The number of carbonyl (C=O) groups is 3. The van der Waals surface area contributed by atoms with E-state index in [2.05, 4.69) is 27.5 Å². The van der Waals surface area contributed by atoms with Gasteiger partial charge >= 0.3 is 5.91 Å². The van der Waals surface area contributed by atoms with Crippen molar-refractivity contribution in [3.05, 3.63) is 54.4 Å². The van der Waals surface area contributed by atoms with Crippen LogP contribution in [0, 0.1) is 11.8 Å². The molecular formula is C25H28N4O3. The van der Waals surface area contributed by atoms with Crippen LogP contribution in [0.3, 0.4) is 0 Å². The van der Waals surface area contributed by atoms with Gasteiger partial charge in [0.15, 0.2) is 0 Å². The minimum atomic E-state index is -0.952. The summed E-state index contributed by atoms with van der Waals surface area (Å²) in [6.45, 7) is 2.99. The number of nitrogens with one attached hydrogen (secondary N) is 2. The van der Waals surface area contributed by atoms with Crippen LogP contribution >= 0.6 is 0 Å². The third kappa shape index (κ3) is 5.94. The molecule has 1 aromatic carbocycles. The molecule has 1 fully saturated rings. The van der Waals surface area contributed by atoms with Gasteiger partial charge in [0, 0.05) is 42.3 Å². The zero-order valence-electron chi connectivity index (χ0n) is 18.4. The monoisotopic (exact) mass is 432 g/mol. The Morgan fingerprint density at radius 2 is 1.91 bits per heavy atom. The molecule has 1 saturated carbocycles.